The highest BCUT2D eigenvalue weighted by Gasteiger charge is 2.45. The van der Waals surface area contributed by atoms with Crippen LogP contribution in [-0.4, -0.2) is 53.2 Å². The lowest BCUT2D eigenvalue weighted by Crippen LogP contribution is -2.32. The predicted molar refractivity (Wildman–Crippen MR) is 109 cm³/mol. The Bertz CT molecular complexity index is 1030. The van der Waals surface area contributed by atoms with Crippen LogP contribution in [0.4, 0.5) is 0 Å². The third-order valence-corrected chi connectivity index (χ3v) is 5.45. The van der Waals surface area contributed by atoms with Crippen molar-refractivity contribution in [1.29, 1.82) is 0 Å². The third-order valence-electron chi connectivity index (χ3n) is 5.45. The molecular weight excluding hydrogens is 386 g/mol. The van der Waals surface area contributed by atoms with Gasteiger partial charge < -0.3 is 24.6 Å². The Morgan fingerprint density at radius 3 is 2.63 bits per heavy atom. The van der Waals surface area contributed by atoms with E-state index in [0.717, 1.165) is 11.3 Å². The fourth-order valence-electron chi connectivity index (χ4n) is 4.03. The molecule has 0 aliphatic carbocycles. The van der Waals surface area contributed by atoms with Crippen molar-refractivity contribution >= 4 is 17.4 Å². The van der Waals surface area contributed by atoms with Crippen molar-refractivity contribution in [2.24, 2.45) is 0 Å². The Hall–Kier alpha value is -3.32. The average molecular weight is 409 g/mol. The highest BCUT2D eigenvalue weighted by Crippen LogP contribution is 2.40. The molecule has 0 spiro atoms. The molecule has 2 aliphatic heterocycles. The van der Waals surface area contributed by atoms with E-state index < -0.39 is 17.7 Å². The number of aliphatic hydroxyl groups excluding tert-OH is 1. The summed E-state index contributed by atoms with van der Waals surface area (Å²) in [5.74, 6) is -0.833. The van der Waals surface area contributed by atoms with Crippen LogP contribution in [0.15, 0.2) is 48.0 Å². The lowest BCUT2D eigenvalue weighted by molar-refractivity contribution is -0.140. The van der Waals surface area contributed by atoms with Crippen molar-refractivity contribution in [3.8, 4) is 11.5 Å². The number of ether oxygens (including phenoxy) is 2. The molecule has 30 heavy (non-hydrogen) atoms. The molecule has 4 rings (SSSR count). The van der Waals surface area contributed by atoms with Gasteiger partial charge in [-0.05, 0) is 48.4 Å². The van der Waals surface area contributed by atoms with Gasteiger partial charge in [-0.2, -0.15) is 0 Å². The summed E-state index contributed by atoms with van der Waals surface area (Å²) >= 11 is 0. The number of phenolic OH excluding ortho intramolecular Hbond substituents is 1. The summed E-state index contributed by atoms with van der Waals surface area (Å²) in [6, 6.07) is 10.7. The van der Waals surface area contributed by atoms with Gasteiger partial charge >= 0.3 is 0 Å². The Balaban J connectivity index is 1.82. The van der Waals surface area contributed by atoms with Crippen molar-refractivity contribution in [3.63, 3.8) is 0 Å². The monoisotopic (exact) mass is 409 g/mol. The quantitative estimate of drug-likeness (QED) is 0.448. The minimum Gasteiger partial charge on any atom is -0.508 e. The average Bonchev–Trinajstić information content (AvgIpc) is 3.22. The fourth-order valence-corrected chi connectivity index (χ4v) is 4.03. The maximum atomic E-state index is 12.9. The Kier molecular flexibility index (Phi) is 5.22. The number of methoxy groups -OCH3 is 1. The minimum absolute atomic E-state index is 0.0220. The molecule has 0 aromatic heterocycles. The number of fused-ring (bicyclic) bond motifs is 1. The number of Topliss-reactive ketones (excluding diaryl/α,β-unsaturated/α-hetero) is 1. The molecule has 2 aromatic carbocycles. The lowest BCUT2D eigenvalue weighted by atomic mass is 9.94. The first kappa shape index (κ1) is 20.0. The van der Waals surface area contributed by atoms with Crippen molar-refractivity contribution < 1.29 is 29.3 Å². The van der Waals surface area contributed by atoms with Gasteiger partial charge in [-0.25, -0.2) is 0 Å². The Labute approximate surface area is 174 Å². The second-order valence-electron chi connectivity index (χ2n) is 7.53. The van der Waals surface area contributed by atoms with Crippen LogP contribution in [0.3, 0.4) is 0 Å². The van der Waals surface area contributed by atoms with E-state index in [4.69, 9.17) is 9.47 Å². The normalized spacial score (nSPS) is 22.3. The fraction of sp³-hybridized carbons (Fsp3) is 0.304. The number of hydrogen-bond donors (Lipinski definition) is 2. The highest BCUT2D eigenvalue weighted by molar-refractivity contribution is 6.46. The molecular formula is C23H23NO6. The maximum absolute atomic E-state index is 12.9. The zero-order valence-corrected chi connectivity index (χ0v) is 16.8. The molecule has 1 saturated heterocycles. The van der Waals surface area contributed by atoms with E-state index in [1.54, 1.807) is 30.3 Å². The van der Waals surface area contributed by atoms with Gasteiger partial charge in [0.1, 0.15) is 23.4 Å². The lowest BCUT2D eigenvalue weighted by Gasteiger charge is -2.25. The minimum atomic E-state index is -0.774. The molecule has 7 heteroatoms. The van der Waals surface area contributed by atoms with Gasteiger partial charge in [0.05, 0.1) is 18.2 Å². The molecule has 1 fully saturated rings. The number of carbonyl (C=O) groups is 2. The topological polar surface area (TPSA) is 96.3 Å². The van der Waals surface area contributed by atoms with E-state index in [0.29, 0.717) is 17.5 Å². The number of aliphatic hydroxyl groups is 1. The first-order valence-electron chi connectivity index (χ1n) is 9.77. The van der Waals surface area contributed by atoms with E-state index in [2.05, 4.69) is 0 Å². The van der Waals surface area contributed by atoms with Gasteiger partial charge in [0.25, 0.3) is 11.7 Å². The van der Waals surface area contributed by atoms with Crippen LogP contribution in [0.25, 0.3) is 5.76 Å². The molecule has 2 aromatic rings. The summed E-state index contributed by atoms with van der Waals surface area (Å²) in [4.78, 5) is 27.0. The van der Waals surface area contributed by atoms with Crippen LogP contribution in [-0.2, 0) is 20.7 Å². The first-order chi connectivity index (χ1) is 14.4. The van der Waals surface area contributed by atoms with Crippen LogP contribution in [0.5, 0.6) is 11.5 Å². The third kappa shape index (κ3) is 3.41. The number of benzene rings is 2. The van der Waals surface area contributed by atoms with Crippen LogP contribution in [0, 0.1) is 0 Å². The SMILES string of the molecule is COCCN1C(=O)C(=O)/C(=C(/O)c2ccc3c(c2)CC(C)O3)C1c1ccc(O)cc1. The summed E-state index contributed by atoms with van der Waals surface area (Å²) in [5, 5.41) is 20.7. The van der Waals surface area contributed by atoms with E-state index in [9.17, 15) is 19.8 Å². The second-order valence-corrected chi connectivity index (χ2v) is 7.53. The number of rotatable bonds is 5. The van der Waals surface area contributed by atoms with E-state index >= 15 is 0 Å². The van der Waals surface area contributed by atoms with Gasteiger partial charge in [-0.1, -0.05) is 12.1 Å². The maximum Gasteiger partial charge on any atom is 0.295 e. The zero-order valence-electron chi connectivity index (χ0n) is 16.8. The van der Waals surface area contributed by atoms with E-state index in [1.165, 1.54) is 24.1 Å². The van der Waals surface area contributed by atoms with E-state index in [-0.39, 0.29) is 36.3 Å². The highest BCUT2D eigenvalue weighted by atomic mass is 16.5. The van der Waals surface area contributed by atoms with Crippen LogP contribution in [0.2, 0.25) is 0 Å². The molecule has 0 bridgehead atoms. The van der Waals surface area contributed by atoms with Gasteiger partial charge in [-0.15, -0.1) is 0 Å². The summed E-state index contributed by atoms with van der Waals surface area (Å²) in [6.07, 6.45) is 0.758. The van der Waals surface area contributed by atoms with Crippen molar-refractivity contribution in [2.75, 3.05) is 20.3 Å². The standard InChI is InChI=1S/C23H23NO6/c1-13-11-16-12-15(5-8-18(16)30-13)21(26)19-20(14-3-6-17(25)7-4-14)24(9-10-29-2)23(28)22(19)27/h3-8,12-13,20,25-26H,9-11H2,1-2H3/b21-19+. The summed E-state index contributed by atoms with van der Waals surface area (Å²) < 4.78 is 10.8. The number of carbonyl (C=O) groups excluding carboxylic acids is 2. The van der Waals surface area contributed by atoms with Crippen LogP contribution in [0.1, 0.15) is 29.7 Å². The van der Waals surface area contributed by atoms with Gasteiger partial charge in [0.15, 0.2) is 0 Å². The largest absolute Gasteiger partial charge is 0.508 e. The summed E-state index contributed by atoms with van der Waals surface area (Å²) in [6.45, 7) is 2.40. The van der Waals surface area contributed by atoms with E-state index in [1.807, 2.05) is 6.92 Å². The number of ketones is 1. The zero-order chi connectivity index (χ0) is 21.4. The number of amides is 1. The molecule has 2 unspecified atom stereocenters. The smallest absolute Gasteiger partial charge is 0.295 e. The predicted octanol–water partition coefficient (Wildman–Crippen LogP) is 2.78. The Morgan fingerprint density at radius 1 is 1.20 bits per heavy atom. The number of likely N-dealkylation sites (tertiary alicyclic amines) is 1. The van der Waals surface area contributed by atoms with Gasteiger partial charge in [0.2, 0.25) is 0 Å². The number of nitrogens with zero attached hydrogens (tertiary/aromatic N) is 1. The number of aromatic hydroxyl groups is 1. The first-order valence-corrected chi connectivity index (χ1v) is 9.77. The van der Waals surface area contributed by atoms with Crippen molar-refractivity contribution in [1.82, 2.24) is 4.90 Å². The Morgan fingerprint density at radius 2 is 1.93 bits per heavy atom. The van der Waals surface area contributed by atoms with Crippen molar-refractivity contribution in [2.45, 2.75) is 25.5 Å². The van der Waals surface area contributed by atoms with Crippen LogP contribution < -0.4 is 4.74 Å². The number of phenols is 1. The number of hydrogen-bond acceptors (Lipinski definition) is 6. The molecule has 1 amide bonds. The molecule has 2 N–H and O–H groups in total. The molecule has 0 saturated carbocycles. The summed E-state index contributed by atoms with van der Waals surface area (Å²) in [5.41, 5.74) is 2.04. The molecule has 7 nitrogen and oxygen atoms in total. The molecule has 0 radical (unpaired) electrons. The summed E-state index contributed by atoms with van der Waals surface area (Å²) in [7, 11) is 1.51. The molecule has 2 heterocycles. The van der Waals surface area contributed by atoms with Crippen LogP contribution >= 0.6 is 0 Å². The molecule has 2 aliphatic rings. The molecule has 156 valence electrons. The van der Waals surface area contributed by atoms with Crippen molar-refractivity contribution in [3.05, 3.63) is 64.7 Å². The second kappa shape index (κ2) is 7.84. The van der Waals surface area contributed by atoms with Gasteiger partial charge in [0, 0.05) is 25.6 Å². The van der Waals surface area contributed by atoms with Gasteiger partial charge in [-0.3, -0.25) is 9.59 Å². The molecule has 2 atom stereocenters.